The van der Waals surface area contributed by atoms with Crippen molar-refractivity contribution < 1.29 is 40.2 Å². The zero-order chi connectivity index (χ0) is 27.9. The van der Waals surface area contributed by atoms with Gasteiger partial charge in [-0.25, -0.2) is 21.9 Å². The highest BCUT2D eigenvalue weighted by Crippen LogP contribution is 2.39. The van der Waals surface area contributed by atoms with E-state index in [1.165, 1.54) is 24.3 Å². The van der Waals surface area contributed by atoms with Gasteiger partial charge in [-0.2, -0.15) is 0 Å². The third-order valence-electron chi connectivity index (χ3n) is 6.80. The van der Waals surface area contributed by atoms with Crippen LogP contribution in [0.3, 0.4) is 0 Å². The quantitative estimate of drug-likeness (QED) is 0.406. The largest absolute Gasteiger partial charge is 0.573 e. The van der Waals surface area contributed by atoms with E-state index in [4.69, 9.17) is 0 Å². The zero-order valence-corrected chi connectivity index (χ0v) is 21.1. The third kappa shape index (κ3) is 5.86. The summed E-state index contributed by atoms with van der Waals surface area (Å²) in [7, 11) is -4.25. The molecule has 39 heavy (non-hydrogen) atoms. The first-order chi connectivity index (χ1) is 18.4. The maximum Gasteiger partial charge on any atom is 0.573 e. The second-order valence-electron chi connectivity index (χ2n) is 9.38. The highest BCUT2D eigenvalue weighted by molar-refractivity contribution is 7.89. The first-order valence-corrected chi connectivity index (χ1v) is 13.5. The molecule has 0 aliphatic carbocycles. The topological polar surface area (TPSA) is 90.9 Å². The van der Waals surface area contributed by atoms with Gasteiger partial charge in [-0.15, -0.1) is 13.2 Å². The van der Waals surface area contributed by atoms with Gasteiger partial charge in [0.1, 0.15) is 17.4 Å². The van der Waals surface area contributed by atoms with Crippen LogP contribution in [0.2, 0.25) is 0 Å². The Morgan fingerprint density at radius 2 is 1.46 bits per heavy atom. The van der Waals surface area contributed by atoms with Crippen LogP contribution in [0.25, 0.3) is 0 Å². The van der Waals surface area contributed by atoms with Crippen LogP contribution in [-0.2, 0) is 22.9 Å². The highest BCUT2D eigenvalue weighted by Gasteiger charge is 2.40. The molecule has 0 radical (unpaired) electrons. The van der Waals surface area contributed by atoms with Crippen LogP contribution in [0, 0.1) is 11.6 Å². The number of aliphatic hydroxyl groups is 1. The van der Waals surface area contributed by atoms with Gasteiger partial charge in [-0.1, -0.05) is 0 Å². The van der Waals surface area contributed by atoms with Gasteiger partial charge in [-0.05, 0) is 84.6 Å². The molecule has 5 rings (SSSR count). The lowest BCUT2D eigenvalue weighted by atomic mass is 9.96. The Kier molecular flexibility index (Phi) is 7.27. The molecule has 0 amide bonds. The predicted molar refractivity (Wildman–Crippen MR) is 132 cm³/mol. The summed E-state index contributed by atoms with van der Waals surface area (Å²) in [5.74, 6) is -1.46. The van der Waals surface area contributed by atoms with Gasteiger partial charge in [0.2, 0.25) is 10.0 Å². The van der Waals surface area contributed by atoms with E-state index in [1.807, 2.05) is 0 Å². The number of hydrogen-bond acceptors (Lipinski definition) is 6. The number of fused-ring (bicyclic) bond motifs is 2. The molecular formula is C26H24F5N3O4S. The van der Waals surface area contributed by atoms with Gasteiger partial charge in [-0.3, -0.25) is 0 Å². The minimum Gasteiger partial charge on any atom is -0.406 e. The first-order valence-electron chi connectivity index (χ1n) is 12.0. The molecule has 0 bridgehead atoms. The molecule has 1 saturated heterocycles. The number of nitrogens with one attached hydrogen (secondary N) is 2. The van der Waals surface area contributed by atoms with Crippen LogP contribution in [0.5, 0.6) is 5.75 Å². The second kappa shape index (κ2) is 10.4. The molecule has 208 valence electrons. The predicted octanol–water partition coefficient (Wildman–Crippen LogP) is 3.78. The van der Waals surface area contributed by atoms with Crippen molar-refractivity contribution in [2.45, 2.75) is 42.3 Å². The fraction of sp³-hybridized carbons (Fsp3) is 0.308. The Balaban J connectivity index is 1.44. The number of hydrogen-bond donors (Lipinski definition) is 3. The van der Waals surface area contributed by atoms with E-state index in [-0.39, 0.29) is 18.0 Å². The number of piperidine rings is 1. The van der Waals surface area contributed by atoms with Crippen molar-refractivity contribution in [3.63, 3.8) is 0 Å². The smallest absolute Gasteiger partial charge is 0.406 e. The van der Waals surface area contributed by atoms with Crippen LogP contribution in [0.1, 0.15) is 11.1 Å². The monoisotopic (exact) mass is 569 g/mol. The van der Waals surface area contributed by atoms with Crippen LogP contribution < -0.4 is 19.7 Å². The number of benzene rings is 3. The summed E-state index contributed by atoms with van der Waals surface area (Å²) < 4.78 is 97.8. The lowest BCUT2D eigenvalue weighted by Crippen LogP contribution is -2.64. The van der Waals surface area contributed by atoms with Crippen molar-refractivity contribution in [3.05, 3.63) is 83.4 Å². The van der Waals surface area contributed by atoms with Crippen molar-refractivity contribution in [1.82, 2.24) is 10.0 Å². The molecule has 1 fully saturated rings. The summed E-state index contributed by atoms with van der Waals surface area (Å²) in [6.07, 6.45) is -5.34. The van der Waals surface area contributed by atoms with Gasteiger partial charge >= 0.3 is 6.36 Å². The maximum atomic E-state index is 14.1. The number of alkyl halides is 3. The minimum absolute atomic E-state index is 0.0621. The van der Waals surface area contributed by atoms with Crippen molar-refractivity contribution >= 4 is 21.4 Å². The van der Waals surface area contributed by atoms with E-state index in [0.717, 1.165) is 24.3 Å². The number of anilines is 2. The van der Waals surface area contributed by atoms with Crippen molar-refractivity contribution in [2.24, 2.45) is 0 Å². The SMILES string of the molecule is O=S(=O)(N[C@@H]1CNC[C@H](N2c3ccc(F)cc3CCc3cc(F)ccc32)[C@H]1O)c1ccc(OC(F)(F)F)cc1. The molecule has 3 aromatic carbocycles. The number of sulfonamides is 1. The van der Waals surface area contributed by atoms with E-state index in [0.29, 0.717) is 35.3 Å². The molecule has 2 heterocycles. The average molecular weight is 570 g/mol. The number of aliphatic hydroxyl groups excluding tert-OH is 1. The molecule has 7 nitrogen and oxygen atoms in total. The molecule has 2 aliphatic rings. The number of rotatable bonds is 5. The Morgan fingerprint density at radius 1 is 0.897 bits per heavy atom. The number of ether oxygens (including phenoxy) is 1. The lowest BCUT2D eigenvalue weighted by Gasteiger charge is -2.43. The molecule has 0 saturated carbocycles. The molecule has 3 aromatic rings. The zero-order valence-electron chi connectivity index (χ0n) is 20.3. The van der Waals surface area contributed by atoms with Gasteiger partial charge in [0.25, 0.3) is 0 Å². The van der Waals surface area contributed by atoms with Crippen LogP contribution in [0.4, 0.5) is 33.3 Å². The van der Waals surface area contributed by atoms with Crippen molar-refractivity contribution in [1.29, 1.82) is 0 Å². The number of nitrogens with zero attached hydrogens (tertiary/aromatic N) is 1. The highest BCUT2D eigenvalue weighted by atomic mass is 32.2. The lowest BCUT2D eigenvalue weighted by molar-refractivity contribution is -0.274. The van der Waals surface area contributed by atoms with Crippen LogP contribution >= 0.6 is 0 Å². The Hall–Kier alpha value is -3.26. The number of halogens is 5. The molecule has 13 heteroatoms. The maximum absolute atomic E-state index is 14.1. The first kappa shape index (κ1) is 27.3. The molecule has 3 N–H and O–H groups in total. The van der Waals surface area contributed by atoms with Gasteiger partial charge in [0.15, 0.2) is 0 Å². The summed E-state index contributed by atoms with van der Waals surface area (Å²) in [5.41, 5.74) is 2.53. The normalized spacial score (nSPS) is 21.6. The Bertz CT molecular complexity index is 1410. The summed E-state index contributed by atoms with van der Waals surface area (Å²) in [6.45, 7) is 0.295. The molecule has 0 spiro atoms. The average Bonchev–Trinajstić information content (AvgIpc) is 3.01. The molecule has 0 unspecified atom stereocenters. The molecular weight excluding hydrogens is 545 g/mol. The summed E-state index contributed by atoms with van der Waals surface area (Å²) in [5, 5.41) is 14.5. The van der Waals surface area contributed by atoms with E-state index < -0.39 is 52.0 Å². The van der Waals surface area contributed by atoms with Crippen molar-refractivity contribution in [3.8, 4) is 5.75 Å². The van der Waals surface area contributed by atoms with Crippen molar-refractivity contribution in [2.75, 3.05) is 18.0 Å². The summed E-state index contributed by atoms with van der Waals surface area (Å²) in [6, 6.07) is 10.4. The van der Waals surface area contributed by atoms with Crippen LogP contribution in [-0.4, -0.2) is 51.2 Å². The fourth-order valence-corrected chi connectivity index (χ4v) is 6.33. The van der Waals surface area contributed by atoms with E-state index in [2.05, 4.69) is 14.8 Å². The number of aryl methyl sites for hydroxylation is 2. The minimum atomic E-state index is -4.92. The molecule has 2 aliphatic heterocycles. The van der Waals surface area contributed by atoms with Gasteiger partial charge in [0.05, 0.1) is 23.1 Å². The Labute approximate surface area is 221 Å². The summed E-state index contributed by atoms with van der Waals surface area (Å²) >= 11 is 0. The van der Waals surface area contributed by atoms with E-state index >= 15 is 0 Å². The molecule has 0 aromatic heterocycles. The van der Waals surface area contributed by atoms with E-state index in [9.17, 15) is 35.5 Å². The fourth-order valence-electron chi connectivity index (χ4n) is 5.07. The standard InChI is InChI=1S/C26H24F5N3O4S/c27-17-3-9-22-15(11-17)1-2-16-12-18(28)4-10-23(16)34(22)24-14-32-13-21(25(24)35)33-39(36,37)20-7-5-19(6-8-20)38-26(29,30)31/h3-12,21,24-25,32-33,35H,1-2,13-14H2/t21-,24+,25+/m1/s1. The summed E-state index contributed by atoms with van der Waals surface area (Å²) in [4.78, 5) is 1.46. The third-order valence-corrected chi connectivity index (χ3v) is 8.30. The van der Waals surface area contributed by atoms with Gasteiger partial charge in [0, 0.05) is 24.5 Å². The Morgan fingerprint density at radius 3 is 2.00 bits per heavy atom. The van der Waals surface area contributed by atoms with Gasteiger partial charge < -0.3 is 20.1 Å². The second-order valence-corrected chi connectivity index (χ2v) is 11.1. The van der Waals surface area contributed by atoms with Crippen LogP contribution in [0.15, 0.2) is 65.6 Å². The van der Waals surface area contributed by atoms with E-state index in [1.54, 1.807) is 17.0 Å². The molecule has 3 atom stereocenters.